The predicted octanol–water partition coefficient (Wildman–Crippen LogP) is 3.28. The lowest BCUT2D eigenvalue weighted by Gasteiger charge is -2.05. The minimum atomic E-state index is -0.297. The van der Waals surface area contributed by atoms with Crippen LogP contribution < -0.4 is 5.56 Å². The molecule has 0 amide bonds. The Morgan fingerprint density at radius 2 is 1.75 bits per heavy atom. The molecule has 0 aliphatic rings. The maximum atomic E-state index is 12.9. The fraction of sp³-hybridized carbons (Fsp3) is 0.0625. The van der Waals surface area contributed by atoms with Crippen LogP contribution >= 0.6 is 0 Å². The molecule has 0 radical (unpaired) electrons. The van der Waals surface area contributed by atoms with Crippen LogP contribution in [0.15, 0.2) is 59.4 Å². The van der Waals surface area contributed by atoms with E-state index in [0.29, 0.717) is 5.69 Å². The highest BCUT2D eigenvalue weighted by atomic mass is 19.1. The highest BCUT2D eigenvalue weighted by Gasteiger charge is 2.08. The van der Waals surface area contributed by atoms with E-state index >= 15 is 0 Å². The summed E-state index contributed by atoms with van der Waals surface area (Å²) in [6.45, 7) is 1.94. The SMILES string of the molecule is Cc1ccccc1-n1[nH]c(-c2ccc(F)cc2)cc1=O. The number of rotatable bonds is 2. The van der Waals surface area contributed by atoms with Gasteiger partial charge in [-0.25, -0.2) is 9.07 Å². The highest BCUT2D eigenvalue weighted by Crippen LogP contribution is 2.18. The van der Waals surface area contributed by atoms with Crippen molar-refractivity contribution in [2.24, 2.45) is 0 Å². The molecule has 0 saturated carbocycles. The molecule has 0 saturated heterocycles. The summed E-state index contributed by atoms with van der Waals surface area (Å²) in [5.41, 5.74) is 3.11. The Hall–Kier alpha value is -2.62. The van der Waals surface area contributed by atoms with Crippen LogP contribution in [-0.4, -0.2) is 9.78 Å². The Balaban J connectivity index is 2.10. The van der Waals surface area contributed by atoms with Gasteiger partial charge in [-0.15, -0.1) is 0 Å². The standard InChI is InChI=1S/C16H13FN2O/c1-11-4-2-3-5-15(11)19-16(20)10-14(18-19)12-6-8-13(17)9-7-12/h2-10,18H,1H3. The summed E-state index contributed by atoms with van der Waals surface area (Å²) in [6, 6.07) is 15.2. The summed E-state index contributed by atoms with van der Waals surface area (Å²) in [6.07, 6.45) is 0. The van der Waals surface area contributed by atoms with E-state index in [9.17, 15) is 9.18 Å². The molecule has 0 atom stereocenters. The van der Waals surface area contributed by atoms with E-state index in [4.69, 9.17) is 0 Å². The minimum Gasteiger partial charge on any atom is -0.290 e. The second kappa shape index (κ2) is 4.81. The molecule has 1 heterocycles. The van der Waals surface area contributed by atoms with Crippen molar-refractivity contribution < 1.29 is 4.39 Å². The fourth-order valence-corrected chi connectivity index (χ4v) is 2.17. The van der Waals surface area contributed by atoms with Crippen molar-refractivity contribution in [1.29, 1.82) is 0 Å². The van der Waals surface area contributed by atoms with Crippen LogP contribution in [0.1, 0.15) is 5.56 Å². The summed E-state index contributed by atoms with van der Waals surface area (Å²) in [5, 5.41) is 3.06. The van der Waals surface area contributed by atoms with Crippen LogP contribution in [0.4, 0.5) is 4.39 Å². The molecule has 20 heavy (non-hydrogen) atoms. The molecule has 3 rings (SSSR count). The molecule has 1 aromatic heterocycles. The number of aromatic amines is 1. The highest BCUT2D eigenvalue weighted by molar-refractivity contribution is 5.59. The van der Waals surface area contributed by atoms with Gasteiger partial charge in [-0.05, 0) is 48.4 Å². The Labute approximate surface area is 115 Å². The van der Waals surface area contributed by atoms with E-state index in [0.717, 1.165) is 16.8 Å². The lowest BCUT2D eigenvalue weighted by molar-refractivity contribution is 0.628. The molecule has 100 valence electrons. The number of para-hydroxylation sites is 1. The summed E-state index contributed by atoms with van der Waals surface area (Å²) in [7, 11) is 0. The van der Waals surface area contributed by atoms with Crippen molar-refractivity contribution in [3.8, 4) is 16.9 Å². The second-order valence-corrected chi connectivity index (χ2v) is 4.64. The van der Waals surface area contributed by atoms with Gasteiger partial charge in [0.2, 0.25) is 0 Å². The molecule has 0 aliphatic heterocycles. The number of hydrogen-bond donors (Lipinski definition) is 1. The molecule has 0 spiro atoms. The minimum absolute atomic E-state index is 0.140. The molecule has 2 aromatic carbocycles. The van der Waals surface area contributed by atoms with Crippen molar-refractivity contribution in [1.82, 2.24) is 9.78 Å². The monoisotopic (exact) mass is 268 g/mol. The van der Waals surface area contributed by atoms with Gasteiger partial charge in [0, 0.05) is 6.07 Å². The zero-order valence-electron chi connectivity index (χ0n) is 10.9. The number of nitrogens with zero attached hydrogens (tertiary/aromatic N) is 1. The van der Waals surface area contributed by atoms with Crippen LogP contribution in [0, 0.1) is 12.7 Å². The molecule has 3 aromatic rings. The average Bonchev–Trinajstić information content (AvgIpc) is 2.82. The molecular formula is C16H13FN2O. The lowest BCUT2D eigenvalue weighted by atomic mass is 10.1. The van der Waals surface area contributed by atoms with E-state index in [-0.39, 0.29) is 11.4 Å². The van der Waals surface area contributed by atoms with Crippen LogP contribution in [0.3, 0.4) is 0 Å². The van der Waals surface area contributed by atoms with Crippen molar-refractivity contribution in [2.45, 2.75) is 6.92 Å². The lowest BCUT2D eigenvalue weighted by Crippen LogP contribution is -2.14. The van der Waals surface area contributed by atoms with Crippen molar-refractivity contribution in [3.05, 3.63) is 76.3 Å². The van der Waals surface area contributed by atoms with E-state index in [1.807, 2.05) is 31.2 Å². The molecular weight excluding hydrogens is 255 g/mol. The van der Waals surface area contributed by atoms with Crippen molar-refractivity contribution in [3.63, 3.8) is 0 Å². The van der Waals surface area contributed by atoms with Gasteiger partial charge in [-0.2, -0.15) is 0 Å². The van der Waals surface area contributed by atoms with Gasteiger partial charge >= 0.3 is 0 Å². The van der Waals surface area contributed by atoms with E-state index < -0.39 is 0 Å². The van der Waals surface area contributed by atoms with Gasteiger partial charge in [-0.1, -0.05) is 18.2 Å². The number of benzene rings is 2. The van der Waals surface area contributed by atoms with Crippen LogP contribution in [-0.2, 0) is 0 Å². The number of H-pyrrole nitrogens is 1. The smallest absolute Gasteiger partial charge is 0.271 e. The Bertz CT molecular complexity index is 800. The van der Waals surface area contributed by atoms with E-state index in [1.54, 1.807) is 12.1 Å². The summed E-state index contributed by atoms with van der Waals surface area (Å²) in [4.78, 5) is 12.1. The van der Waals surface area contributed by atoms with Gasteiger partial charge in [-0.3, -0.25) is 9.89 Å². The maximum absolute atomic E-state index is 12.9. The maximum Gasteiger partial charge on any atom is 0.271 e. The predicted molar refractivity (Wildman–Crippen MR) is 76.5 cm³/mol. The molecule has 0 unspecified atom stereocenters. The number of hydrogen-bond acceptors (Lipinski definition) is 1. The van der Waals surface area contributed by atoms with E-state index in [1.165, 1.54) is 22.9 Å². The third-order valence-corrected chi connectivity index (χ3v) is 3.23. The summed E-state index contributed by atoms with van der Waals surface area (Å²) in [5.74, 6) is -0.297. The Kier molecular flexibility index (Phi) is 2.99. The molecule has 3 nitrogen and oxygen atoms in total. The Morgan fingerprint density at radius 1 is 1.05 bits per heavy atom. The topological polar surface area (TPSA) is 37.8 Å². The quantitative estimate of drug-likeness (QED) is 0.761. The van der Waals surface area contributed by atoms with Gasteiger partial charge in [0.1, 0.15) is 5.82 Å². The number of aryl methyl sites for hydroxylation is 1. The first-order valence-corrected chi connectivity index (χ1v) is 6.29. The van der Waals surface area contributed by atoms with Crippen molar-refractivity contribution >= 4 is 0 Å². The molecule has 0 fully saturated rings. The average molecular weight is 268 g/mol. The van der Waals surface area contributed by atoms with Crippen LogP contribution in [0.5, 0.6) is 0 Å². The first-order chi connectivity index (χ1) is 9.65. The Morgan fingerprint density at radius 3 is 2.45 bits per heavy atom. The largest absolute Gasteiger partial charge is 0.290 e. The normalized spacial score (nSPS) is 10.7. The third kappa shape index (κ3) is 2.16. The first-order valence-electron chi connectivity index (χ1n) is 6.29. The number of nitrogens with one attached hydrogen (secondary N) is 1. The number of aromatic nitrogens is 2. The molecule has 0 aliphatic carbocycles. The van der Waals surface area contributed by atoms with E-state index in [2.05, 4.69) is 5.10 Å². The molecule has 0 bridgehead atoms. The zero-order chi connectivity index (χ0) is 14.1. The van der Waals surface area contributed by atoms with Gasteiger partial charge < -0.3 is 0 Å². The fourth-order valence-electron chi connectivity index (χ4n) is 2.17. The van der Waals surface area contributed by atoms with Gasteiger partial charge in [0.25, 0.3) is 5.56 Å². The second-order valence-electron chi connectivity index (χ2n) is 4.64. The summed E-state index contributed by atoms with van der Waals surface area (Å²) < 4.78 is 14.4. The summed E-state index contributed by atoms with van der Waals surface area (Å²) >= 11 is 0. The van der Waals surface area contributed by atoms with Gasteiger partial charge in [0.15, 0.2) is 0 Å². The molecule has 4 heteroatoms. The van der Waals surface area contributed by atoms with Crippen LogP contribution in [0.2, 0.25) is 0 Å². The zero-order valence-corrected chi connectivity index (χ0v) is 10.9. The van der Waals surface area contributed by atoms with Crippen molar-refractivity contribution in [2.75, 3.05) is 0 Å². The van der Waals surface area contributed by atoms with Crippen LogP contribution in [0.25, 0.3) is 16.9 Å². The third-order valence-electron chi connectivity index (χ3n) is 3.23. The first kappa shape index (κ1) is 12.4. The molecule has 1 N–H and O–H groups in total. The number of halogens is 1. The van der Waals surface area contributed by atoms with Gasteiger partial charge in [0.05, 0.1) is 11.4 Å².